The molecule has 0 atom stereocenters. The average Bonchev–Trinajstić information content (AvgIpc) is 2.76. The lowest BCUT2D eigenvalue weighted by Gasteiger charge is -2.31. The lowest BCUT2D eigenvalue weighted by molar-refractivity contribution is 0.260. The van der Waals surface area contributed by atoms with Gasteiger partial charge in [-0.2, -0.15) is 5.10 Å². The van der Waals surface area contributed by atoms with Crippen molar-refractivity contribution >= 4 is 10.0 Å². The van der Waals surface area contributed by atoms with Crippen molar-refractivity contribution < 1.29 is 13.5 Å². The molecule has 102 valence electrons. The van der Waals surface area contributed by atoms with Gasteiger partial charge in [-0.3, -0.25) is 4.68 Å². The third-order valence-corrected chi connectivity index (χ3v) is 5.32. The van der Waals surface area contributed by atoms with E-state index in [9.17, 15) is 13.5 Å². The van der Waals surface area contributed by atoms with Gasteiger partial charge < -0.3 is 5.11 Å². The Labute approximate surface area is 107 Å². The number of hydrogen-bond donors (Lipinski definition) is 1. The fraction of sp³-hybridized carbons (Fsp3) is 0.727. The van der Waals surface area contributed by atoms with Gasteiger partial charge in [0.1, 0.15) is 0 Å². The Morgan fingerprint density at radius 1 is 1.44 bits per heavy atom. The number of aromatic nitrogens is 2. The first-order valence-corrected chi connectivity index (χ1v) is 7.85. The van der Waals surface area contributed by atoms with E-state index in [-0.39, 0.29) is 17.5 Å². The van der Waals surface area contributed by atoms with E-state index in [0.29, 0.717) is 19.5 Å². The lowest BCUT2D eigenvalue weighted by atomic mass is 10.1. The maximum atomic E-state index is 11.9. The second kappa shape index (κ2) is 5.27. The number of nitrogens with zero attached hydrogens (tertiary/aromatic N) is 3. The summed E-state index contributed by atoms with van der Waals surface area (Å²) < 4.78 is 27.1. The molecule has 0 radical (unpaired) electrons. The van der Waals surface area contributed by atoms with Gasteiger partial charge in [0.2, 0.25) is 10.0 Å². The van der Waals surface area contributed by atoms with Crippen LogP contribution in [0.2, 0.25) is 0 Å². The van der Waals surface area contributed by atoms with E-state index < -0.39 is 10.0 Å². The Kier molecular flexibility index (Phi) is 3.91. The predicted octanol–water partition coefficient (Wildman–Crippen LogP) is 0.965. The van der Waals surface area contributed by atoms with Crippen molar-refractivity contribution in [2.75, 3.05) is 18.8 Å². The highest BCUT2D eigenvalue weighted by Gasteiger charge is 2.28. The minimum absolute atomic E-state index is 0.149. The predicted molar refractivity (Wildman–Crippen MR) is 67.8 cm³/mol. The number of hydrogen-bond acceptors (Lipinski definition) is 4. The van der Waals surface area contributed by atoms with E-state index >= 15 is 0 Å². The summed E-state index contributed by atoms with van der Waals surface area (Å²) >= 11 is 0. The lowest BCUT2D eigenvalue weighted by Crippen LogP contribution is -2.40. The molecular weight excluding hydrogens is 254 g/mol. The second-order valence-corrected chi connectivity index (χ2v) is 6.71. The molecule has 1 N–H and O–H groups in total. The van der Waals surface area contributed by atoms with Crippen molar-refractivity contribution in [3.63, 3.8) is 0 Å². The highest BCUT2D eigenvalue weighted by molar-refractivity contribution is 7.89. The smallest absolute Gasteiger partial charge is 0.214 e. The highest BCUT2D eigenvalue weighted by atomic mass is 32.2. The number of piperidine rings is 1. The summed E-state index contributed by atoms with van der Waals surface area (Å²) in [6, 6.07) is 0.180. The maximum Gasteiger partial charge on any atom is 0.214 e. The first-order chi connectivity index (χ1) is 8.53. The molecule has 1 aliphatic heterocycles. The van der Waals surface area contributed by atoms with Gasteiger partial charge in [-0.1, -0.05) is 6.92 Å². The molecule has 0 aromatic carbocycles. The quantitative estimate of drug-likeness (QED) is 0.886. The van der Waals surface area contributed by atoms with Gasteiger partial charge in [0.15, 0.2) is 5.75 Å². The molecular formula is C11H19N3O3S. The van der Waals surface area contributed by atoms with Crippen LogP contribution in [0.3, 0.4) is 0 Å². The van der Waals surface area contributed by atoms with Crippen molar-refractivity contribution in [1.29, 1.82) is 0 Å². The Morgan fingerprint density at radius 2 is 2.11 bits per heavy atom. The van der Waals surface area contributed by atoms with Crippen molar-refractivity contribution in [3.05, 3.63) is 12.4 Å². The Hall–Kier alpha value is -1.08. The van der Waals surface area contributed by atoms with E-state index in [1.807, 2.05) is 6.92 Å². The summed E-state index contributed by atoms with van der Waals surface area (Å²) in [4.78, 5) is 0. The van der Waals surface area contributed by atoms with Gasteiger partial charge in [-0.05, 0) is 19.3 Å². The minimum atomic E-state index is -3.08. The summed E-state index contributed by atoms with van der Waals surface area (Å²) in [6.07, 6.45) is 5.12. The van der Waals surface area contributed by atoms with E-state index in [1.165, 1.54) is 6.20 Å². The normalized spacial score (nSPS) is 19.2. The number of sulfonamides is 1. The third kappa shape index (κ3) is 2.84. The van der Waals surface area contributed by atoms with Crippen LogP contribution in [0.15, 0.2) is 12.4 Å². The molecule has 0 amide bonds. The Balaban J connectivity index is 1.96. The van der Waals surface area contributed by atoms with Crippen molar-refractivity contribution in [1.82, 2.24) is 14.1 Å². The molecule has 2 rings (SSSR count). The van der Waals surface area contributed by atoms with Crippen molar-refractivity contribution in [3.8, 4) is 5.75 Å². The molecule has 1 aliphatic rings. The van der Waals surface area contributed by atoms with Gasteiger partial charge in [0.05, 0.1) is 24.2 Å². The summed E-state index contributed by atoms with van der Waals surface area (Å²) in [7, 11) is -3.08. The highest BCUT2D eigenvalue weighted by Crippen LogP contribution is 2.25. The zero-order chi connectivity index (χ0) is 13.2. The fourth-order valence-electron chi connectivity index (χ4n) is 2.30. The van der Waals surface area contributed by atoms with E-state index in [1.54, 1.807) is 15.2 Å². The van der Waals surface area contributed by atoms with Crippen LogP contribution >= 0.6 is 0 Å². The zero-order valence-electron chi connectivity index (χ0n) is 10.5. The van der Waals surface area contributed by atoms with Crippen LogP contribution in [0.25, 0.3) is 0 Å². The monoisotopic (exact) mass is 273 g/mol. The van der Waals surface area contributed by atoms with Gasteiger partial charge in [0, 0.05) is 13.1 Å². The number of rotatable bonds is 4. The van der Waals surface area contributed by atoms with Crippen molar-refractivity contribution in [2.45, 2.75) is 32.2 Å². The molecule has 0 unspecified atom stereocenters. The van der Waals surface area contributed by atoms with Crippen molar-refractivity contribution in [2.24, 2.45) is 0 Å². The summed E-state index contributed by atoms with van der Waals surface area (Å²) in [5.41, 5.74) is 0. The van der Waals surface area contributed by atoms with Crippen LogP contribution in [-0.2, 0) is 10.0 Å². The molecule has 1 aromatic heterocycles. The second-order valence-electron chi connectivity index (χ2n) is 4.62. The fourth-order valence-corrected chi connectivity index (χ4v) is 3.84. The first kappa shape index (κ1) is 13.4. The molecule has 1 aromatic rings. The van der Waals surface area contributed by atoms with Crippen LogP contribution in [0.5, 0.6) is 5.75 Å². The Morgan fingerprint density at radius 3 is 2.61 bits per heavy atom. The van der Waals surface area contributed by atoms with Gasteiger partial charge in [0.25, 0.3) is 0 Å². The third-order valence-electron chi connectivity index (χ3n) is 3.24. The van der Waals surface area contributed by atoms with E-state index in [4.69, 9.17) is 0 Å². The topological polar surface area (TPSA) is 75.4 Å². The van der Waals surface area contributed by atoms with E-state index in [0.717, 1.165) is 12.8 Å². The van der Waals surface area contributed by atoms with Gasteiger partial charge in [-0.15, -0.1) is 0 Å². The Bertz CT molecular complexity index is 489. The zero-order valence-corrected chi connectivity index (χ0v) is 11.3. The average molecular weight is 273 g/mol. The molecule has 2 heterocycles. The standard InChI is InChI=1S/C11H19N3O3S/c1-2-7-18(16,17)13-5-3-10(4-6-13)14-9-11(15)8-12-14/h8-10,15H,2-7H2,1H3. The molecule has 6 nitrogen and oxygen atoms in total. The van der Waals surface area contributed by atoms with Crippen LogP contribution in [-0.4, -0.2) is 46.5 Å². The number of aromatic hydroxyl groups is 1. The van der Waals surface area contributed by atoms with Crippen LogP contribution < -0.4 is 0 Å². The van der Waals surface area contributed by atoms with Crippen LogP contribution in [0.1, 0.15) is 32.2 Å². The molecule has 7 heteroatoms. The molecule has 0 saturated carbocycles. The molecule has 1 saturated heterocycles. The van der Waals surface area contributed by atoms with Gasteiger partial charge >= 0.3 is 0 Å². The summed E-state index contributed by atoms with van der Waals surface area (Å²) in [5, 5.41) is 13.3. The minimum Gasteiger partial charge on any atom is -0.505 e. The maximum absolute atomic E-state index is 11.9. The summed E-state index contributed by atoms with van der Waals surface area (Å²) in [6.45, 7) is 2.94. The summed E-state index contributed by atoms with van der Waals surface area (Å²) in [5.74, 6) is 0.372. The SMILES string of the molecule is CCCS(=O)(=O)N1CCC(n2cc(O)cn2)CC1. The molecule has 0 spiro atoms. The molecule has 0 aliphatic carbocycles. The van der Waals surface area contributed by atoms with E-state index in [2.05, 4.69) is 5.10 Å². The molecule has 1 fully saturated rings. The van der Waals surface area contributed by atoms with Gasteiger partial charge in [-0.25, -0.2) is 12.7 Å². The molecule has 18 heavy (non-hydrogen) atoms. The van der Waals surface area contributed by atoms with Crippen LogP contribution in [0, 0.1) is 0 Å². The largest absolute Gasteiger partial charge is 0.505 e. The molecule has 0 bridgehead atoms. The first-order valence-electron chi connectivity index (χ1n) is 6.24. The van der Waals surface area contributed by atoms with Crippen LogP contribution in [0.4, 0.5) is 0 Å².